The molecule has 0 fully saturated rings. The average molecular weight is 203 g/mol. The topological polar surface area (TPSA) is 38.1 Å². The Balaban J connectivity index is 3.07. The summed E-state index contributed by atoms with van der Waals surface area (Å²) in [7, 11) is 1.93. The molecule has 0 saturated carbocycles. The fourth-order valence-electron chi connectivity index (χ4n) is 1.41. The Morgan fingerprint density at radius 2 is 2.15 bits per heavy atom. The predicted octanol–water partition coefficient (Wildman–Crippen LogP) is 1.73. The van der Waals surface area contributed by atoms with Crippen LogP contribution >= 0.6 is 11.6 Å². The molecule has 0 atom stereocenters. The molecule has 1 aromatic rings. The predicted molar refractivity (Wildman–Crippen MR) is 53.1 cm³/mol. The average Bonchev–Trinajstić information content (AvgIpc) is 2.32. The normalized spacial score (nSPS) is 11.2. The van der Waals surface area contributed by atoms with Gasteiger partial charge in [-0.25, -0.2) is 4.98 Å². The zero-order valence-corrected chi connectivity index (χ0v) is 8.97. The standard InChI is InChI=1S/C9H15ClN2O/c1-6(2)9-11-8(10)7(4-5-13)12(9)3/h6,13H,4-5H2,1-3H3. The molecule has 1 aromatic heterocycles. The van der Waals surface area contributed by atoms with E-state index in [0.717, 1.165) is 11.5 Å². The van der Waals surface area contributed by atoms with E-state index in [1.54, 1.807) is 0 Å². The Bertz CT molecular complexity index is 294. The van der Waals surface area contributed by atoms with E-state index in [9.17, 15) is 0 Å². The van der Waals surface area contributed by atoms with Gasteiger partial charge in [0.15, 0.2) is 5.15 Å². The minimum absolute atomic E-state index is 0.108. The second kappa shape index (κ2) is 4.11. The minimum Gasteiger partial charge on any atom is -0.396 e. The van der Waals surface area contributed by atoms with Crippen LogP contribution in [0.5, 0.6) is 0 Å². The Morgan fingerprint density at radius 3 is 2.54 bits per heavy atom. The van der Waals surface area contributed by atoms with Gasteiger partial charge in [-0.1, -0.05) is 25.4 Å². The monoisotopic (exact) mass is 202 g/mol. The van der Waals surface area contributed by atoms with Crippen LogP contribution in [0.4, 0.5) is 0 Å². The summed E-state index contributed by atoms with van der Waals surface area (Å²) in [6.45, 7) is 4.25. The Hall–Kier alpha value is -0.540. The van der Waals surface area contributed by atoms with Crippen molar-refractivity contribution in [2.75, 3.05) is 6.61 Å². The van der Waals surface area contributed by atoms with Crippen molar-refractivity contribution >= 4 is 11.6 Å². The molecule has 74 valence electrons. The van der Waals surface area contributed by atoms with E-state index in [0.29, 0.717) is 17.5 Å². The fraction of sp³-hybridized carbons (Fsp3) is 0.667. The smallest absolute Gasteiger partial charge is 0.150 e. The zero-order valence-electron chi connectivity index (χ0n) is 8.21. The van der Waals surface area contributed by atoms with Crippen molar-refractivity contribution in [2.45, 2.75) is 26.2 Å². The van der Waals surface area contributed by atoms with Crippen LogP contribution in [0.2, 0.25) is 5.15 Å². The summed E-state index contributed by atoms with van der Waals surface area (Å²) in [6, 6.07) is 0. The van der Waals surface area contributed by atoms with Crippen LogP contribution in [0.1, 0.15) is 31.3 Å². The maximum absolute atomic E-state index is 8.82. The van der Waals surface area contributed by atoms with Gasteiger partial charge in [0, 0.05) is 26.0 Å². The molecule has 3 nitrogen and oxygen atoms in total. The second-order valence-corrected chi connectivity index (χ2v) is 3.75. The number of aromatic nitrogens is 2. The van der Waals surface area contributed by atoms with E-state index >= 15 is 0 Å². The first kappa shape index (κ1) is 10.5. The molecule has 0 aliphatic rings. The fourth-order valence-corrected chi connectivity index (χ4v) is 1.72. The number of halogens is 1. The largest absolute Gasteiger partial charge is 0.396 e. The van der Waals surface area contributed by atoms with Crippen LogP contribution in [0.15, 0.2) is 0 Å². The molecule has 0 aliphatic carbocycles. The highest BCUT2D eigenvalue weighted by Gasteiger charge is 2.14. The first-order chi connectivity index (χ1) is 6.07. The third-order valence-corrected chi connectivity index (χ3v) is 2.37. The lowest BCUT2D eigenvalue weighted by molar-refractivity contribution is 0.296. The minimum atomic E-state index is 0.108. The van der Waals surface area contributed by atoms with Crippen molar-refractivity contribution in [2.24, 2.45) is 7.05 Å². The molecule has 0 unspecified atom stereocenters. The molecular weight excluding hydrogens is 188 g/mol. The van der Waals surface area contributed by atoms with E-state index in [1.165, 1.54) is 0 Å². The number of hydrogen-bond donors (Lipinski definition) is 1. The van der Waals surface area contributed by atoms with E-state index in [-0.39, 0.29) is 6.61 Å². The molecule has 13 heavy (non-hydrogen) atoms. The molecule has 0 bridgehead atoms. The maximum Gasteiger partial charge on any atom is 0.150 e. The summed E-state index contributed by atoms with van der Waals surface area (Å²) in [5.41, 5.74) is 0.910. The van der Waals surface area contributed by atoms with Gasteiger partial charge in [0.1, 0.15) is 5.82 Å². The van der Waals surface area contributed by atoms with Crippen LogP contribution in [0, 0.1) is 0 Å². The number of aliphatic hydroxyl groups is 1. The lowest BCUT2D eigenvalue weighted by Gasteiger charge is -2.06. The van der Waals surface area contributed by atoms with Crippen molar-refractivity contribution < 1.29 is 5.11 Å². The lowest BCUT2D eigenvalue weighted by atomic mass is 10.2. The van der Waals surface area contributed by atoms with Crippen molar-refractivity contribution in [1.29, 1.82) is 0 Å². The summed E-state index contributed by atoms with van der Waals surface area (Å²) in [5.74, 6) is 1.32. The van der Waals surface area contributed by atoms with E-state index in [2.05, 4.69) is 18.8 Å². The summed E-state index contributed by atoms with van der Waals surface area (Å²) in [6.07, 6.45) is 0.565. The van der Waals surface area contributed by atoms with Gasteiger partial charge in [-0.2, -0.15) is 0 Å². The number of rotatable bonds is 3. The summed E-state index contributed by atoms with van der Waals surface area (Å²) < 4.78 is 1.96. The second-order valence-electron chi connectivity index (χ2n) is 3.39. The maximum atomic E-state index is 8.82. The number of nitrogens with zero attached hydrogens (tertiary/aromatic N) is 2. The zero-order chi connectivity index (χ0) is 10.0. The Labute approximate surface area is 83.4 Å². The Kier molecular flexibility index (Phi) is 3.33. The van der Waals surface area contributed by atoms with Crippen molar-refractivity contribution in [3.8, 4) is 0 Å². The number of imidazole rings is 1. The van der Waals surface area contributed by atoms with Crippen molar-refractivity contribution in [3.63, 3.8) is 0 Å². The van der Waals surface area contributed by atoms with E-state index < -0.39 is 0 Å². The molecule has 0 saturated heterocycles. The first-order valence-electron chi connectivity index (χ1n) is 4.39. The van der Waals surface area contributed by atoms with Crippen LogP contribution in [-0.2, 0) is 13.5 Å². The van der Waals surface area contributed by atoms with Crippen molar-refractivity contribution in [1.82, 2.24) is 9.55 Å². The Morgan fingerprint density at radius 1 is 1.54 bits per heavy atom. The van der Waals surface area contributed by atoms with Gasteiger partial charge in [0.25, 0.3) is 0 Å². The summed E-state index contributed by atoms with van der Waals surface area (Å²) >= 11 is 5.93. The van der Waals surface area contributed by atoms with Gasteiger partial charge in [0.05, 0.1) is 5.69 Å². The molecule has 0 radical (unpaired) electrons. The lowest BCUT2D eigenvalue weighted by Crippen LogP contribution is -2.04. The summed E-state index contributed by atoms with van der Waals surface area (Å²) in [5, 5.41) is 9.33. The molecule has 1 heterocycles. The van der Waals surface area contributed by atoms with Gasteiger partial charge in [-0.05, 0) is 0 Å². The van der Waals surface area contributed by atoms with Crippen LogP contribution < -0.4 is 0 Å². The van der Waals surface area contributed by atoms with Gasteiger partial charge < -0.3 is 9.67 Å². The highest BCUT2D eigenvalue weighted by Crippen LogP contribution is 2.21. The first-order valence-corrected chi connectivity index (χ1v) is 4.77. The SMILES string of the molecule is CC(C)c1nc(Cl)c(CCO)n1C. The summed E-state index contributed by atoms with van der Waals surface area (Å²) in [4.78, 5) is 4.25. The van der Waals surface area contributed by atoms with Gasteiger partial charge in [-0.15, -0.1) is 0 Å². The van der Waals surface area contributed by atoms with Gasteiger partial charge >= 0.3 is 0 Å². The molecule has 4 heteroatoms. The van der Waals surface area contributed by atoms with E-state index in [1.807, 2.05) is 11.6 Å². The van der Waals surface area contributed by atoms with Crippen molar-refractivity contribution in [3.05, 3.63) is 16.7 Å². The molecule has 0 aliphatic heterocycles. The molecule has 0 amide bonds. The molecule has 1 N–H and O–H groups in total. The molecule has 1 rings (SSSR count). The van der Waals surface area contributed by atoms with Crippen LogP contribution in [0.3, 0.4) is 0 Å². The third kappa shape index (κ3) is 2.03. The molecular formula is C9H15ClN2O. The number of aliphatic hydroxyl groups excluding tert-OH is 1. The van der Waals surface area contributed by atoms with Gasteiger partial charge in [-0.3, -0.25) is 0 Å². The quantitative estimate of drug-likeness (QED) is 0.811. The highest BCUT2D eigenvalue weighted by atomic mass is 35.5. The third-order valence-electron chi connectivity index (χ3n) is 2.06. The van der Waals surface area contributed by atoms with E-state index in [4.69, 9.17) is 16.7 Å². The van der Waals surface area contributed by atoms with Crippen LogP contribution in [-0.4, -0.2) is 21.3 Å². The highest BCUT2D eigenvalue weighted by molar-refractivity contribution is 6.30. The molecule has 0 aromatic carbocycles. The van der Waals surface area contributed by atoms with Crippen LogP contribution in [0.25, 0.3) is 0 Å². The number of hydrogen-bond acceptors (Lipinski definition) is 2. The van der Waals surface area contributed by atoms with Gasteiger partial charge in [0.2, 0.25) is 0 Å². The molecule has 0 spiro atoms.